The molecule has 0 bridgehead atoms. The Bertz CT molecular complexity index is 426. The molecule has 1 aromatic rings. The Kier molecular flexibility index (Phi) is 4.44. The van der Waals surface area contributed by atoms with E-state index < -0.39 is 0 Å². The van der Waals surface area contributed by atoms with Crippen molar-refractivity contribution in [2.75, 3.05) is 26.2 Å². The van der Waals surface area contributed by atoms with Crippen LogP contribution in [0.2, 0.25) is 0 Å². The fourth-order valence-corrected chi connectivity index (χ4v) is 2.36. The first kappa shape index (κ1) is 14.3. The van der Waals surface area contributed by atoms with Crippen molar-refractivity contribution in [3.8, 4) is 0 Å². The quantitative estimate of drug-likeness (QED) is 0.817. The normalized spacial score (nSPS) is 18.4. The molecule has 0 aliphatic carbocycles. The summed E-state index contributed by atoms with van der Waals surface area (Å²) in [5.74, 6) is 0.879. The third kappa shape index (κ3) is 3.46. The summed E-state index contributed by atoms with van der Waals surface area (Å²) >= 11 is 5.15. The summed E-state index contributed by atoms with van der Waals surface area (Å²) in [5, 5.41) is 0. The lowest BCUT2D eigenvalue weighted by molar-refractivity contribution is 0.0807. The number of hydrogen-bond acceptors (Lipinski definition) is 5. The van der Waals surface area contributed by atoms with Gasteiger partial charge < -0.3 is 5.73 Å². The molecule has 1 aromatic heterocycles. The molecule has 0 aromatic carbocycles. The number of piperazine rings is 1. The van der Waals surface area contributed by atoms with E-state index in [2.05, 4.69) is 33.6 Å². The first-order valence-corrected chi connectivity index (χ1v) is 6.94. The van der Waals surface area contributed by atoms with Gasteiger partial charge in [-0.15, -0.1) is 0 Å². The van der Waals surface area contributed by atoms with E-state index in [4.69, 9.17) is 18.0 Å². The number of rotatable bonds is 4. The van der Waals surface area contributed by atoms with Crippen molar-refractivity contribution in [2.24, 2.45) is 5.73 Å². The van der Waals surface area contributed by atoms with Crippen molar-refractivity contribution in [1.29, 1.82) is 0 Å². The summed E-state index contributed by atoms with van der Waals surface area (Å²) in [5.41, 5.74) is 5.61. The molecule has 2 rings (SSSR count). The molecule has 0 radical (unpaired) electrons. The fraction of sp³-hybridized carbons (Fsp3) is 0.615. The Morgan fingerprint density at radius 3 is 2.37 bits per heavy atom. The van der Waals surface area contributed by atoms with Crippen LogP contribution in [-0.2, 0) is 6.54 Å². The maximum atomic E-state index is 5.82. The first-order valence-electron chi connectivity index (χ1n) is 6.53. The first-order chi connectivity index (χ1) is 9.00. The van der Waals surface area contributed by atoms with E-state index in [1.54, 1.807) is 12.4 Å². The average molecular weight is 279 g/mol. The van der Waals surface area contributed by atoms with E-state index in [9.17, 15) is 0 Å². The Balaban J connectivity index is 1.88. The summed E-state index contributed by atoms with van der Waals surface area (Å²) in [6, 6.07) is 1.84. The molecule has 0 amide bonds. The van der Waals surface area contributed by atoms with Gasteiger partial charge in [-0.1, -0.05) is 12.2 Å². The second-order valence-corrected chi connectivity index (χ2v) is 5.79. The van der Waals surface area contributed by atoms with Crippen LogP contribution in [0.3, 0.4) is 0 Å². The predicted molar refractivity (Wildman–Crippen MR) is 79.7 cm³/mol. The van der Waals surface area contributed by atoms with Crippen molar-refractivity contribution in [3.63, 3.8) is 0 Å². The standard InChI is InChI=1S/C13H21N5S/c1-13(2,12(14)19)18-8-6-17(7-9-18)10-11-15-4-3-5-16-11/h3-5H,6-10H2,1-2H3,(H2,14,19). The molecule has 1 aliphatic rings. The number of thiocarbonyl (C=S) groups is 1. The monoisotopic (exact) mass is 279 g/mol. The molecule has 6 heteroatoms. The maximum absolute atomic E-state index is 5.82. The molecule has 0 saturated carbocycles. The van der Waals surface area contributed by atoms with Gasteiger partial charge in [0.05, 0.1) is 17.1 Å². The Labute approximate surface area is 119 Å². The number of nitrogens with zero attached hydrogens (tertiary/aromatic N) is 4. The van der Waals surface area contributed by atoms with Gasteiger partial charge in [-0.2, -0.15) is 0 Å². The zero-order chi connectivity index (χ0) is 13.9. The lowest BCUT2D eigenvalue weighted by Crippen LogP contribution is -2.59. The molecule has 104 valence electrons. The summed E-state index contributed by atoms with van der Waals surface area (Å²) in [4.78, 5) is 13.8. The maximum Gasteiger partial charge on any atom is 0.142 e. The predicted octanol–water partition coefficient (Wildman–Crippen LogP) is 0.659. The Morgan fingerprint density at radius 2 is 1.84 bits per heavy atom. The van der Waals surface area contributed by atoms with Crippen LogP contribution in [0.1, 0.15) is 19.7 Å². The van der Waals surface area contributed by atoms with Crippen LogP contribution in [0.4, 0.5) is 0 Å². The minimum Gasteiger partial charge on any atom is -0.392 e. The summed E-state index contributed by atoms with van der Waals surface area (Å²) in [6.07, 6.45) is 3.57. The van der Waals surface area contributed by atoms with E-state index in [0.29, 0.717) is 4.99 Å². The molecule has 1 fully saturated rings. The SMILES string of the molecule is CC(C)(C(N)=S)N1CCN(Cc2ncccn2)CC1. The third-order valence-corrected chi connectivity index (χ3v) is 4.25. The van der Waals surface area contributed by atoms with Gasteiger partial charge in [0.25, 0.3) is 0 Å². The van der Waals surface area contributed by atoms with Crippen LogP contribution in [0.15, 0.2) is 18.5 Å². The summed E-state index contributed by atoms with van der Waals surface area (Å²) in [7, 11) is 0. The van der Waals surface area contributed by atoms with Gasteiger partial charge in [0.2, 0.25) is 0 Å². The van der Waals surface area contributed by atoms with Gasteiger partial charge in [0.1, 0.15) is 5.82 Å². The highest BCUT2D eigenvalue weighted by molar-refractivity contribution is 7.80. The van der Waals surface area contributed by atoms with Crippen molar-refractivity contribution in [3.05, 3.63) is 24.3 Å². The molecule has 1 aliphatic heterocycles. The average Bonchev–Trinajstić information content (AvgIpc) is 2.40. The van der Waals surface area contributed by atoms with Crippen LogP contribution in [0, 0.1) is 0 Å². The minimum absolute atomic E-state index is 0.204. The van der Waals surface area contributed by atoms with Crippen LogP contribution in [0.5, 0.6) is 0 Å². The van der Waals surface area contributed by atoms with E-state index in [-0.39, 0.29) is 5.54 Å². The Hall–Kier alpha value is -1.11. The van der Waals surface area contributed by atoms with E-state index in [0.717, 1.165) is 38.5 Å². The molecule has 1 saturated heterocycles. The van der Waals surface area contributed by atoms with E-state index in [1.165, 1.54) is 0 Å². The zero-order valence-electron chi connectivity index (χ0n) is 11.5. The molecule has 0 spiro atoms. The van der Waals surface area contributed by atoms with Gasteiger partial charge in [-0.05, 0) is 19.9 Å². The van der Waals surface area contributed by atoms with Crippen LogP contribution < -0.4 is 5.73 Å². The van der Waals surface area contributed by atoms with Gasteiger partial charge in [0.15, 0.2) is 0 Å². The van der Waals surface area contributed by atoms with Crippen molar-refractivity contribution in [1.82, 2.24) is 19.8 Å². The highest BCUT2D eigenvalue weighted by Crippen LogP contribution is 2.17. The molecule has 2 heterocycles. The lowest BCUT2D eigenvalue weighted by atomic mass is 10.0. The minimum atomic E-state index is -0.204. The lowest BCUT2D eigenvalue weighted by Gasteiger charge is -2.43. The number of nitrogens with two attached hydrogens (primary N) is 1. The second-order valence-electron chi connectivity index (χ2n) is 5.35. The largest absolute Gasteiger partial charge is 0.392 e. The van der Waals surface area contributed by atoms with Crippen molar-refractivity contribution in [2.45, 2.75) is 25.9 Å². The molecule has 0 unspecified atom stereocenters. The molecular weight excluding hydrogens is 258 g/mol. The zero-order valence-corrected chi connectivity index (χ0v) is 12.4. The molecule has 5 nitrogen and oxygen atoms in total. The molecule has 0 atom stereocenters. The van der Waals surface area contributed by atoms with Gasteiger partial charge in [-0.3, -0.25) is 9.80 Å². The van der Waals surface area contributed by atoms with Crippen molar-refractivity contribution < 1.29 is 0 Å². The van der Waals surface area contributed by atoms with Crippen LogP contribution >= 0.6 is 12.2 Å². The smallest absolute Gasteiger partial charge is 0.142 e. The second kappa shape index (κ2) is 5.90. The van der Waals surface area contributed by atoms with Gasteiger partial charge in [-0.25, -0.2) is 9.97 Å². The van der Waals surface area contributed by atoms with Crippen molar-refractivity contribution >= 4 is 17.2 Å². The molecule has 19 heavy (non-hydrogen) atoms. The fourth-order valence-electron chi connectivity index (χ4n) is 2.23. The molecule has 2 N–H and O–H groups in total. The number of hydrogen-bond donors (Lipinski definition) is 1. The molecular formula is C13H21N5S. The van der Waals surface area contributed by atoms with Crippen LogP contribution in [-0.4, -0.2) is 56.5 Å². The van der Waals surface area contributed by atoms with E-state index in [1.807, 2.05) is 6.07 Å². The van der Waals surface area contributed by atoms with Gasteiger partial charge >= 0.3 is 0 Å². The Morgan fingerprint density at radius 1 is 1.26 bits per heavy atom. The topological polar surface area (TPSA) is 58.3 Å². The summed E-state index contributed by atoms with van der Waals surface area (Å²) in [6.45, 7) is 8.90. The van der Waals surface area contributed by atoms with Gasteiger partial charge in [0, 0.05) is 38.6 Å². The highest BCUT2D eigenvalue weighted by Gasteiger charge is 2.32. The van der Waals surface area contributed by atoms with E-state index >= 15 is 0 Å². The third-order valence-electron chi connectivity index (χ3n) is 3.75. The number of aromatic nitrogens is 2. The van der Waals surface area contributed by atoms with Crippen LogP contribution in [0.25, 0.3) is 0 Å². The summed E-state index contributed by atoms with van der Waals surface area (Å²) < 4.78 is 0. The highest BCUT2D eigenvalue weighted by atomic mass is 32.1.